The lowest BCUT2D eigenvalue weighted by atomic mass is 9.96. The second kappa shape index (κ2) is 13.9. The second-order valence-electron chi connectivity index (χ2n) is 5.99. The van der Waals surface area contributed by atoms with Gasteiger partial charge in [0.15, 0.2) is 0 Å². The second-order valence-corrected chi connectivity index (χ2v) is 5.99. The number of rotatable bonds is 8. The van der Waals surface area contributed by atoms with Gasteiger partial charge in [0.1, 0.15) is 0 Å². The molecule has 0 rings (SSSR count). The van der Waals surface area contributed by atoms with E-state index in [1.54, 1.807) is 24.3 Å². The zero-order valence-electron chi connectivity index (χ0n) is 15.0. The molecule has 0 aromatic rings. The molecule has 0 aliphatic heterocycles. The van der Waals surface area contributed by atoms with Gasteiger partial charge in [0.05, 0.1) is 24.4 Å². The van der Waals surface area contributed by atoms with Crippen molar-refractivity contribution in [3.8, 4) is 0 Å². The van der Waals surface area contributed by atoms with Crippen LogP contribution in [0.25, 0.3) is 0 Å². The zero-order valence-corrected chi connectivity index (χ0v) is 15.0. The molecule has 0 amide bonds. The van der Waals surface area contributed by atoms with E-state index >= 15 is 0 Å². The van der Waals surface area contributed by atoms with Crippen molar-refractivity contribution in [1.82, 2.24) is 0 Å². The molecule has 0 saturated carbocycles. The Labute approximate surface area is 136 Å². The topological polar surface area (TPSA) is 80.9 Å². The smallest absolute Gasteiger partial charge is 0.0770 e. The largest absolute Gasteiger partial charge is 0.393 e. The van der Waals surface area contributed by atoms with E-state index in [4.69, 9.17) is 0 Å². The van der Waals surface area contributed by atoms with E-state index in [2.05, 4.69) is 0 Å². The standard InChI is InChI=1S/2C9H18O2/c1-4-5-8(10)6-9(11)7(2)3;1-4-6-9(11)7(3)8(10)5-2/h4-5,7-11H,6H2,1-3H3;4,6-11H,5H2,1-3H3. The van der Waals surface area contributed by atoms with Crippen molar-refractivity contribution in [3.63, 3.8) is 0 Å². The van der Waals surface area contributed by atoms with E-state index < -0.39 is 24.4 Å². The molecule has 4 nitrogen and oxygen atoms in total. The Hall–Kier alpha value is -0.680. The molecule has 4 heteroatoms. The van der Waals surface area contributed by atoms with Gasteiger partial charge in [-0.1, -0.05) is 52.0 Å². The number of hydrogen-bond acceptors (Lipinski definition) is 4. The Morgan fingerprint density at radius 1 is 0.818 bits per heavy atom. The minimum atomic E-state index is -0.519. The number of hydrogen-bond donors (Lipinski definition) is 4. The van der Waals surface area contributed by atoms with Crippen molar-refractivity contribution < 1.29 is 20.4 Å². The maximum Gasteiger partial charge on any atom is 0.0770 e. The fourth-order valence-corrected chi connectivity index (χ4v) is 1.79. The van der Waals surface area contributed by atoms with Crippen molar-refractivity contribution in [2.75, 3.05) is 0 Å². The summed E-state index contributed by atoms with van der Waals surface area (Å²) in [4.78, 5) is 0. The average Bonchev–Trinajstić information content (AvgIpc) is 2.46. The van der Waals surface area contributed by atoms with Gasteiger partial charge in [0.25, 0.3) is 0 Å². The highest BCUT2D eigenvalue weighted by molar-refractivity contribution is 4.90. The summed E-state index contributed by atoms with van der Waals surface area (Å²) in [5.74, 6) is 0.145. The molecule has 5 atom stereocenters. The number of allylic oxidation sites excluding steroid dienone is 2. The van der Waals surface area contributed by atoms with Crippen LogP contribution in [0.2, 0.25) is 0 Å². The van der Waals surface area contributed by atoms with Crippen molar-refractivity contribution in [2.24, 2.45) is 11.8 Å². The van der Waals surface area contributed by atoms with Crippen LogP contribution in [0.3, 0.4) is 0 Å². The summed E-state index contributed by atoms with van der Waals surface area (Å²) in [6, 6.07) is 0. The third-order valence-corrected chi connectivity index (χ3v) is 3.62. The molecular formula is C18H36O4. The van der Waals surface area contributed by atoms with Crippen LogP contribution in [0.5, 0.6) is 0 Å². The quantitative estimate of drug-likeness (QED) is 0.519. The fourth-order valence-electron chi connectivity index (χ4n) is 1.79. The van der Waals surface area contributed by atoms with Gasteiger partial charge in [-0.25, -0.2) is 0 Å². The van der Waals surface area contributed by atoms with Gasteiger partial charge in [0.2, 0.25) is 0 Å². The predicted octanol–water partition coefficient (Wildman–Crippen LogP) is 2.66. The maximum absolute atomic E-state index is 9.37. The Kier molecular flexibility index (Phi) is 15.0. The highest BCUT2D eigenvalue weighted by atomic mass is 16.3. The zero-order chi connectivity index (χ0) is 17.7. The molecule has 4 N–H and O–H groups in total. The SMILES string of the molecule is CC=CC(O)C(C)C(O)CC.CC=CC(O)CC(O)C(C)C. The van der Waals surface area contributed by atoms with E-state index in [9.17, 15) is 20.4 Å². The molecular weight excluding hydrogens is 280 g/mol. The fraction of sp³-hybridized carbons (Fsp3) is 0.778. The molecule has 0 bridgehead atoms. The summed E-state index contributed by atoms with van der Waals surface area (Å²) in [5.41, 5.74) is 0. The van der Waals surface area contributed by atoms with Crippen LogP contribution in [-0.4, -0.2) is 44.8 Å². The van der Waals surface area contributed by atoms with E-state index in [1.165, 1.54) is 0 Å². The van der Waals surface area contributed by atoms with Crippen molar-refractivity contribution in [2.45, 2.75) is 78.8 Å². The normalized spacial score (nSPS) is 18.9. The van der Waals surface area contributed by atoms with Crippen molar-refractivity contribution in [3.05, 3.63) is 24.3 Å². The first-order valence-corrected chi connectivity index (χ1v) is 8.18. The van der Waals surface area contributed by atoms with Crippen LogP contribution in [0, 0.1) is 11.8 Å². The van der Waals surface area contributed by atoms with Gasteiger partial charge >= 0.3 is 0 Å². The van der Waals surface area contributed by atoms with Gasteiger partial charge in [0, 0.05) is 12.3 Å². The molecule has 0 aromatic carbocycles. The van der Waals surface area contributed by atoms with E-state index in [0.29, 0.717) is 12.8 Å². The Morgan fingerprint density at radius 3 is 1.68 bits per heavy atom. The van der Waals surface area contributed by atoms with E-state index in [0.717, 1.165) is 0 Å². The number of aliphatic hydroxyl groups is 4. The summed E-state index contributed by atoms with van der Waals surface area (Å²) < 4.78 is 0. The number of aliphatic hydroxyl groups excluding tert-OH is 4. The minimum Gasteiger partial charge on any atom is -0.393 e. The van der Waals surface area contributed by atoms with E-state index in [-0.39, 0.29) is 11.8 Å². The molecule has 0 aliphatic rings. The van der Waals surface area contributed by atoms with Gasteiger partial charge < -0.3 is 20.4 Å². The third-order valence-electron chi connectivity index (χ3n) is 3.62. The predicted molar refractivity (Wildman–Crippen MR) is 92.6 cm³/mol. The van der Waals surface area contributed by atoms with Gasteiger partial charge in [-0.05, 0) is 26.2 Å². The van der Waals surface area contributed by atoms with Gasteiger partial charge in [-0.15, -0.1) is 0 Å². The van der Waals surface area contributed by atoms with E-state index in [1.807, 2.05) is 41.5 Å². The van der Waals surface area contributed by atoms with Crippen molar-refractivity contribution >= 4 is 0 Å². The molecule has 0 aliphatic carbocycles. The minimum absolute atomic E-state index is 0.0730. The van der Waals surface area contributed by atoms with Gasteiger partial charge in [-0.2, -0.15) is 0 Å². The lowest BCUT2D eigenvalue weighted by molar-refractivity contribution is 0.0429. The third kappa shape index (κ3) is 11.9. The molecule has 0 fully saturated rings. The van der Waals surface area contributed by atoms with Crippen LogP contribution in [0.1, 0.15) is 54.4 Å². The molecule has 0 heterocycles. The maximum atomic E-state index is 9.37. The molecule has 0 spiro atoms. The molecule has 0 saturated heterocycles. The monoisotopic (exact) mass is 316 g/mol. The molecule has 5 unspecified atom stereocenters. The first-order chi connectivity index (χ1) is 10.2. The highest BCUT2D eigenvalue weighted by Crippen LogP contribution is 2.12. The Bertz CT molecular complexity index is 299. The van der Waals surface area contributed by atoms with Crippen molar-refractivity contribution in [1.29, 1.82) is 0 Å². The Balaban J connectivity index is 0. The lowest BCUT2D eigenvalue weighted by Gasteiger charge is -2.20. The van der Waals surface area contributed by atoms with Crippen LogP contribution >= 0.6 is 0 Å². The molecule has 22 heavy (non-hydrogen) atoms. The molecule has 132 valence electrons. The summed E-state index contributed by atoms with van der Waals surface area (Å²) in [6.07, 6.45) is 6.27. The molecule has 0 radical (unpaired) electrons. The van der Waals surface area contributed by atoms with Crippen LogP contribution < -0.4 is 0 Å². The summed E-state index contributed by atoms with van der Waals surface area (Å²) in [6.45, 7) is 11.3. The summed E-state index contributed by atoms with van der Waals surface area (Å²) in [7, 11) is 0. The first kappa shape index (κ1) is 23.6. The van der Waals surface area contributed by atoms with Crippen LogP contribution in [0.15, 0.2) is 24.3 Å². The molecule has 0 aromatic heterocycles. The van der Waals surface area contributed by atoms with Gasteiger partial charge in [-0.3, -0.25) is 0 Å². The Morgan fingerprint density at radius 2 is 1.32 bits per heavy atom. The lowest BCUT2D eigenvalue weighted by Crippen LogP contribution is -2.27. The van der Waals surface area contributed by atoms with Crippen LogP contribution in [-0.2, 0) is 0 Å². The van der Waals surface area contributed by atoms with Crippen LogP contribution in [0.4, 0.5) is 0 Å². The highest BCUT2D eigenvalue weighted by Gasteiger charge is 2.18. The summed E-state index contributed by atoms with van der Waals surface area (Å²) >= 11 is 0. The summed E-state index contributed by atoms with van der Waals surface area (Å²) in [5, 5.41) is 37.3. The first-order valence-electron chi connectivity index (χ1n) is 8.18. The average molecular weight is 316 g/mol.